The maximum atomic E-state index is 12.6. The molecule has 7 nitrogen and oxygen atoms in total. The number of thiazole rings is 1. The van der Waals surface area contributed by atoms with Crippen LogP contribution in [0.5, 0.6) is 0 Å². The van der Waals surface area contributed by atoms with Crippen molar-refractivity contribution in [3.63, 3.8) is 0 Å². The average molecular weight is 433 g/mol. The van der Waals surface area contributed by atoms with Gasteiger partial charge in [-0.1, -0.05) is 17.7 Å². The number of imidazole rings is 1. The van der Waals surface area contributed by atoms with Gasteiger partial charge >= 0.3 is 0 Å². The van der Waals surface area contributed by atoms with Gasteiger partial charge in [-0.3, -0.25) is 13.6 Å². The Morgan fingerprint density at radius 3 is 3.11 bits per heavy atom. The number of hydrogen-bond donors (Lipinski definition) is 1. The van der Waals surface area contributed by atoms with Gasteiger partial charge < -0.3 is 5.32 Å². The monoisotopic (exact) mass is 432 g/mol. The van der Waals surface area contributed by atoms with Gasteiger partial charge in [0.2, 0.25) is 5.91 Å². The molecular weight excluding hydrogens is 416 g/mol. The topological polar surface area (TPSA) is 76.6 Å². The van der Waals surface area contributed by atoms with E-state index in [1.54, 1.807) is 17.8 Å². The second kappa shape index (κ2) is 8.34. The number of hydrogen-bond acceptors (Lipinski definition) is 6. The average Bonchev–Trinajstić information content (AvgIpc) is 3.38. The Kier molecular flexibility index (Phi) is 5.65. The van der Waals surface area contributed by atoms with E-state index in [2.05, 4.69) is 20.5 Å². The summed E-state index contributed by atoms with van der Waals surface area (Å²) in [4.78, 5) is 17.7. The molecule has 0 bridgehead atoms. The quantitative estimate of drug-likeness (QED) is 0.450. The molecule has 28 heavy (non-hydrogen) atoms. The van der Waals surface area contributed by atoms with Gasteiger partial charge in [0.05, 0.1) is 11.7 Å². The summed E-state index contributed by atoms with van der Waals surface area (Å²) in [6, 6.07) is 5.47. The van der Waals surface area contributed by atoms with Crippen molar-refractivity contribution < 1.29 is 4.79 Å². The molecule has 4 rings (SSSR count). The third kappa shape index (κ3) is 3.78. The molecule has 0 fully saturated rings. The predicted octanol–water partition coefficient (Wildman–Crippen LogP) is 3.72. The van der Waals surface area contributed by atoms with Crippen LogP contribution in [-0.4, -0.2) is 41.9 Å². The molecule has 0 aliphatic heterocycles. The van der Waals surface area contributed by atoms with Crippen LogP contribution in [0.4, 0.5) is 0 Å². The Bertz CT molecular complexity index is 1150. The van der Waals surface area contributed by atoms with E-state index in [9.17, 15) is 4.79 Å². The van der Waals surface area contributed by atoms with E-state index >= 15 is 0 Å². The van der Waals surface area contributed by atoms with Gasteiger partial charge in [-0.15, -0.1) is 21.5 Å². The Balaban J connectivity index is 1.55. The van der Waals surface area contributed by atoms with E-state index in [1.165, 1.54) is 17.4 Å². The van der Waals surface area contributed by atoms with Crippen LogP contribution in [-0.2, 0) is 4.79 Å². The maximum absolute atomic E-state index is 12.6. The van der Waals surface area contributed by atoms with Gasteiger partial charge in [-0.05, 0) is 36.6 Å². The van der Waals surface area contributed by atoms with E-state index in [1.807, 2.05) is 51.0 Å². The minimum Gasteiger partial charge on any atom is -0.342 e. The summed E-state index contributed by atoms with van der Waals surface area (Å²) < 4.78 is 3.76. The van der Waals surface area contributed by atoms with Crippen molar-refractivity contribution in [3.05, 3.63) is 58.7 Å². The fourth-order valence-electron chi connectivity index (χ4n) is 2.90. The van der Waals surface area contributed by atoms with Crippen molar-refractivity contribution in [3.8, 4) is 0 Å². The number of halogens is 1. The molecule has 0 spiro atoms. The molecule has 1 amide bonds. The van der Waals surface area contributed by atoms with E-state index in [0.717, 1.165) is 22.8 Å². The number of carbonyl (C=O) groups excluding carboxylic acids is 1. The molecule has 1 unspecified atom stereocenters. The van der Waals surface area contributed by atoms with E-state index in [0.29, 0.717) is 16.7 Å². The lowest BCUT2D eigenvalue weighted by molar-refractivity contribution is -0.117. The first kappa shape index (κ1) is 19.0. The fraction of sp³-hybridized carbons (Fsp3) is 0.222. The number of thioether (sulfide) groups is 1. The fourth-order valence-corrected chi connectivity index (χ4v) is 4.38. The molecule has 0 aromatic carbocycles. The highest BCUT2D eigenvalue weighted by Gasteiger charge is 2.19. The molecule has 4 aromatic rings. The standard InChI is InChI=1S/C18H17ClN6OS2/c1-27-10-7-12(17-23-22-14-4-2-3-8-25(14)17)20-15(26)6-5-13-16(19)21-18-24(13)9-11-28-18/h2-6,8-9,11-12H,7,10H2,1H3,(H,20,26)/b6-5-. The van der Waals surface area contributed by atoms with Crippen molar-refractivity contribution in [1.29, 1.82) is 0 Å². The second-order valence-electron chi connectivity index (χ2n) is 6.01. The summed E-state index contributed by atoms with van der Waals surface area (Å²) in [5.74, 6) is 1.38. The summed E-state index contributed by atoms with van der Waals surface area (Å²) in [5, 5.41) is 13.8. The van der Waals surface area contributed by atoms with Gasteiger partial charge in [0.25, 0.3) is 0 Å². The van der Waals surface area contributed by atoms with Crippen LogP contribution < -0.4 is 5.32 Å². The van der Waals surface area contributed by atoms with Crippen molar-refractivity contribution in [2.45, 2.75) is 12.5 Å². The molecule has 1 atom stereocenters. The number of rotatable bonds is 7. The zero-order chi connectivity index (χ0) is 19.5. The summed E-state index contributed by atoms with van der Waals surface area (Å²) >= 11 is 9.39. The molecule has 0 aliphatic rings. The predicted molar refractivity (Wildman–Crippen MR) is 114 cm³/mol. The molecule has 4 aromatic heterocycles. The SMILES string of the molecule is CSCCC(NC(=O)/C=C\c1c(Cl)nc2sccn12)c1nnc2ccccn12. The van der Waals surface area contributed by atoms with Gasteiger partial charge in [0, 0.05) is 23.8 Å². The first-order chi connectivity index (χ1) is 13.7. The molecule has 0 radical (unpaired) electrons. The van der Waals surface area contributed by atoms with Crippen molar-refractivity contribution in [2.24, 2.45) is 0 Å². The Morgan fingerprint density at radius 2 is 2.25 bits per heavy atom. The number of carbonyl (C=O) groups is 1. The zero-order valence-electron chi connectivity index (χ0n) is 14.9. The largest absolute Gasteiger partial charge is 0.342 e. The Morgan fingerprint density at radius 1 is 1.36 bits per heavy atom. The normalized spacial score (nSPS) is 12.9. The molecular formula is C18H17ClN6OS2. The molecule has 0 saturated heterocycles. The van der Waals surface area contributed by atoms with Crippen LogP contribution in [0.1, 0.15) is 24.0 Å². The Labute approximate surface area is 174 Å². The lowest BCUT2D eigenvalue weighted by Crippen LogP contribution is -2.29. The number of fused-ring (bicyclic) bond motifs is 2. The van der Waals surface area contributed by atoms with Crippen molar-refractivity contribution >= 4 is 57.3 Å². The lowest BCUT2D eigenvalue weighted by Gasteiger charge is -2.15. The number of pyridine rings is 1. The summed E-state index contributed by atoms with van der Waals surface area (Å²) in [6.07, 6.45) is 9.71. The van der Waals surface area contributed by atoms with E-state index in [4.69, 9.17) is 11.6 Å². The maximum Gasteiger partial charge on any atom is 0.244 e. The number of aromatic nitrogens is 5. The molecule has 144 valence electrons. The highest BCUT2D eigenvalue weighted by atomic mass is 35.5. The molecule has 1 N–H and O–H groups in total. The van der Waals surface area contributed by atoms with E-state index in [-0.39, 0.29) is 11.9 Å². The summed E-state index contributed by atoms with van der Waals surface area (Å²) in [7, 11) is 0. The van der Waals surface area contributed by atoms with Gasteiger partial charge in [0.1, 0.15) is 0 Å². The lowest BCUT2D eigenvalue weighted by atomic mass is 10.2. The van der Waals surface area contributed by atoms with Crippen LogP contribution in [0.15, 0.2) is 42.0 Å². The van der Waals surface area contributed by atoms with Gasteiger partial charge in [0.15, 0.2) is 21.6 Å². The third-order valence-electron chi connectivity index (χ3n) is 4.23. The summed E-state index contributed by atoms with van der Waals surface area (Å²) in [5.41, 5.74) is 1.43. The highest BCUT2D eigenvalue weighted by molar-refractivity contribution is 7.98. The van der Waals surface area contributed by atoms with Crippen LogP contribution >= 0.6 is 34.7 Å². The molecule has 10 heteroatoms. The van der Waals surface area contributed by atoms with Crippen LogP contribution in [0, 0.1) is 0 Å². The van der Waals surface area contributed by atoms with E-state index < -0.39 is 0 Å². The zero-order valence-corrected chi connectivity index (χ0v) is 17.3. The van der Waals surface area contributed by atoms with Crippen molar-refractivity contribution in [1.82, 2.24) is 29.3 Å². The Hall–Kier alpha value is -2.36. The first-order valence-corrected chi connectivity index (χ1v) is 11.2. The number of amides is 1. The molecule has 0 aliphatic carbocycles. The smallest absolute Gasteiger partial charge is 0.244 e. The number of nitrogens with zero attached hydrogens (tertiary/aromatic N) is 5. The van der Waals surface area contributed by atoms with Crippen LogP contribution in [0.25, 0.3) is 16.7 Å². The second-order valence-corrected chi connectivity index (χ2v) is 8.22. The van der Waals surface area contributed by atoms with Crippen LogP contribution in [0.2, 0.25) is 5.15 Å². The van der Waals surface area contributed by atoms with Crippen LogP contribution in [0.3, 0.4) is 0 Å². The van der Waals surface area contributed by atoms with Crippen molar-refractivity contribution in [2.75, 3.05) is 12.0 Å². The minimum absolute atomic E-state index is 0.222. The summed E-state index contributed by atoms with van der Waals surface area (Å²) in [6.45, 7) is 0. The van der Waals surface area contributed by atoms with Gasteiger partial charge in [-0.25, -0.2) is 4.98 Å². The molecule has 4 heterocycles. The highest BCUT2D eigenvalue weighted by Crippen LogP contribution is 2.23. The molecule has 0 saturated carbocycles. The van der Waals surface area contributed by atoms with Gasteiger partial charge in [-0.2, -0.15) is 11.8 Å². The minimum atomic E-state index is -0.246. The first-order valence-electron chi connectivity index (χ1n) is 8.55. The third-order valence-corrected chi connectivity index (χ3v) is 5.90. The number of nitrogens with one attached hydrogen (secondary N) is 1.